The van der Waals surface area contributed by atoms with Crippen LogP contribution in [-0.4, -0.2) is 36.6 Å². The molecule has 8 nitrogen and oxygen atoms in total. The largest absolute Gasteiger partial charge is 0.494 e. The number of benzene rings is 2. The van der Waals surface area contributed by atoms with Gasteiger partial charge in [-0.1, -0.05) is 18.6 Å². The summed E-state index contributed by atoms with van der Waals surface area (Å²) in [7, 11) is 1.59. The molecule has 3 heterocycles. The lowest BCUT2D eigenvalue weighted by molar-refractivity contribution is 0.412. The average Bonchev–Trinajstić information content (AvgIpc) is 3.35. The van der Waals surface area contributed by atoms with Gasteiger partial charge in [-0.2, -0.15) is 4.98 Å². The lowest BCUT2D eigenvalue weighted by Gasteiger charge is -2.14. The van der Waals surface area contributed by atoms with Gasteiger partial charge in [0, 0.05) is 24.2 Å². The molecule has 32 heavy (non-hydrogen) atoms. The fourth-order valence-corrected chi connectivity index (χ4v) is 4.14. The van der Waals surface area contributed by atoms with Crippen LogP contribution >= 0.6 is 11.6 Å². The number of halogens is 2. The summed E-state index contributed by atoms with van der Waals surface area (Å²) in [4.78, 5) is 8.73. The molecule has 0 saturated carbocycles. The second-order valence-corrected chi connectivity index (χ2v) is 7.92. The van der Waals surface area contributed by atoms with Crippen molar-refractivity contribution in [3.05, 3.63) is 71.3 Å². The van der Waals surface area contributed by atoms with Crippen LogP contribution in [0.25, 0.3) is 5.69 Å². The van der Waals surface area contributed by atoms with Gasteiger partial charge in [0.05, 0.1) is 7.11 Å². The van der Waals surface area contributed by atoms with Crippen LogP contribution in [0, 0.1) is 5.82 Å². The van der Waals surface area contributed by atoms with Gasteiger partial charge in [0.1, 0.15) is 29.4 Å². The summed E-state index contributed by atoms with van der Waals surface area (Å²) in [5.74, 6) is 1.83. The summed E-state index contributed by atoms with van der Waals surface area (Å²) in [5, 5.41) is 12.2. The Bertz CT molecular complexity index is 1240. The van der Waals surface area contributed by atoms with E-state index in [0.717, 1.165) is 42.9 Å². The molecule has 164 valence electrons. The standard InChI is InChI=1S/C22H21ClFN7O/c1-32-19-12-16(9-10-18(19)31-13-25-21(23)28-31)26-22-27-20-17(4-2-3-11-30(20)29-22)14-5-7-15(24)8-6-14/h5-10,12-13,17H,2-4,11H2,1H3,(H,26,29). The minimum atomic E-state index is -0.239. The molecule has 0 fully saturated rings. The molecule has 0 amide bonds. The molecule has 4 aromatic rings. The topological polar surface area (TPSA) is 82.7 Å². The maximum Gasteiger partial charge on any atom is 0.246 e. The number of nitrogens with zero attached hydrogens (tertiary/aromatic N) is 6. The van der Waals surface area contributed by atoms with Crippen molar-refractivity contribution in [2.24, 2.45) is 0 Å². The normalized spacial score (nSPS) is 15.8. The van der Waals surface area contributed by atoms with Crippen LogP contribution in [0.2, 0.25) is 5.28 Å². The zero-order valence-corrected chi connectivity index (χ0v) is 18.1. The van der Waals surface area contributed by atoms with Crippen LogP contribution in [-0.2, 0) is 6.54 Å². The molecule has 0 bridgehead atoms. The highest BCUT2D eigenvalue weighted by Crippen LogP contribution is 2.33. The van der Waals surface area contributed by atoms with Gasteiger partial charge in [0.25, 0.3) is 0 Å². The monoisotopic (exact) mass is 453 g/mol. The lowest BCUT2D eigenvalue weighted by atomic mass is 9.93. The van der Waals surface area contributed by atoms with E-state index in [1.54, 1.807) is 11.8 Å². The molecule has 1 atom stereocenters. The summed E-state index contributed by atoms with van der Waals surface area (Å²) < 4.78 is 22.4. The number of fused-ring (bicyclic) bond motifs is 1. The second-order valence-electron chi connectivity index (χ2n) is 7.59. The van der Waals surface area contributed by atoms with Gasteiger partial charge in [-0.3, -0.25) is 0 Å². The number of hydrogen-bond acceptors (Lipinski definition) is 6. The Balaban J connectivity index is 1.43. The van der Waals surface area contributed by atoms with Crippen LogP contribution in [0.1, 0.15) is 36.6 Å². The molecule has 2 aromatic heterocycles. The van der Waals surface area contributed by atoms with E-state index in [1.165, 1.54) is 18.5 Å². The predicted octanol–water partition coefficient (Wildman–Crippen LogP) is 4.72. The van der Waals surface area contributed by atoms with E-state index < -0.39 is 0 Å². The third-order valence-electron chi connectivity index (χ3n) is 5.54. The van der Waals surface area contributed by atoms with Crippen LogP contribution in [0.3, 0.4) is 0 Å². The van der Waals surface area contributed by atoms with Crippen molar-refractivity contribution in [1.29, 1.82) is 0 Å². The molecular formula is C22H21ClFN7O. The first-order valence-electron chi connectivity index (χ1n) is 10.3. The second kappa shape index (κ2) is 8.58. The van der Waals surface area contributed by atoms with E-state index in [1.807, 2.05) is 35.0 Å². The Morgan fingerprint density at radius 3 is 2.72 bits per heavy atom. The van der Waals surface area contributed by atoms with Crippen molar-refractivity contribution < 1.29 is 9.13 Å². The first kappa shape index (κ1) is 20.4. The molecule has 0 radical (unpaired) electrons. The van der Waals surface area contributed by atoms with E-state index in [9.17, 15) is 4.39 Å². The van der Waals surface area contributed by atoms with Gasteiger partial charge in [-0.25, -0.2) is 18.7 Å². The van der Waals surface area contributed by atoms with Crippen molar-refractivity contribution in [2.75, 3.05) is 12.4 Å². The third kappa shape index (κ3) is 4.03. The van der Waals surface area contributed by atoms with E-state index in [4.69, 9.17) is 21.3 Å². The maximum absolute atomic E-state index is 13.4. The molecule has 0 saturated heterocycles. The Morgan fingerprint density at radius 2 is 1.97 bits per heavy atom. The number of rotatable bonds is 5. The van der Waals surface area contributed by atoms with E-state index >= 15 is 0 Å². The summed E-state index contributed by atoms with van der Waals surface area (Å²) in [6.45, 7) is 0.803. The van der Waals surface area contributed by atoms with Crippen molar-refractivity contribution in [3.63, 3.8) is 0 Å². The molecule has 1 unspecified atom stereocenters. The quantitative estimate of drug-likeness (QED) is 0.471. The minimum Gasteiger partial charge on any atom is -0.494 e. The van der Waals surface area contributed by atoms with Gasteiger partial charge < -0.3 is 10.1 Å². The van der Waals surface area contributed by atoms with Crippen molar-refractivity contribution in [2.45, 2.75) is 31.7 Å². The number of aryl methyl sites for hydroxylation is 1. The van der Waals surface area contributed by atoms with Crippen molar-refractivity contribution >= 4 is 23.2 Å². The fraction of sp³-hybridized carbons (Fsp3) is 0.273. The van der Waals surface area contributed by atoms with E-state index in [2.05, 4.69) is 20.5 Å². The number of ether oxygens (including phenoxy) is 1. The zero-order valence-electron chi connectivity index (χ0n) is 17.4. The molecule has 1 aliphatic rings. The highest BCUT2D eigenvalue weighted by atomic mass is 35.5. The SMILES string of the molecule is COc1cc(Nc2nc3n(n2)CCCCC3c2ccc(F)cc2)ccc1-n1cnc(Cl)n1. The van der Waals surface area contributed by atoms with Gasteiger partial charge in [-0.05, 0) is 54.3 Å². The zero-order chi connectivity index (χ0) is 22.1. The van der Waals surface area contributed by atoms with Gasteiger partial charge in [0.15, 0.2) is 0 Å². The van der Waals surface area contributed by atoms with E-state index in [-0.39, 0.29) is 17.0 Å². The minimum absolute atomic E-state index is 0.0788. The Kier molecular flexibility index (Phi) is 5.48. The number of methoxy groups -OCH3 is 1. The maximum atomic E-state index is 13.4. The van der Waals surface area contributed by atoms with Crippen molar-refractivity contribution in [1.82, 2.24) is 29.5 Å². The Labute approximate surface area is 189 Å². The molecule has 1 N–H and O–H groups in total. The molecular weight excluding hydrogens is 433 g/mol. The molecule has 1 aliphatic heterocycles. The number of anilines is 2. The molecule has 5 rings (SSSR count). The van der Waals surface area contributed by atoms with Gasteiger partial charge in [0.2, 0.25) is 11.2 Å². The first-order chi connectivity index (χ1) is 15.6. The highest BCUT2D eigenvalue weighted by Gasteiger charge is 2.24. The van der Waals surface area contributed by atoms with Crippen LogP contribution in [0.5, 0.6) is 5.75 Å². The van der Waals surface area contributed by atoms with Gasteiger partial charge >= 0.3 is 0 Å². The van der Waals surface area contributed by atoms with Crippen LogP contribution in [0.4, 0.5) is 16.0 Å². The first-order valence-corrected chi connectivity index (χ1v) is 10.7. The van der Waals surface area contributed by atoms with Crippen LogP contribution < -0.4 is 10.1 Å². The summed E-state index contributed by atoms with van der Waals surface area (Å²) >= 11 is 5.84. The molecule has 0 aliphatic carbocycles. The van der Waals surface area contributed by atoms with Gasteiger partial charge in [-0.15, -0.1) is 10.2 Å². The number of nitrogens with one attached hydrogen (secondary N) is 1. The smallest absolute Gasteiger partial charge is 0.246 e. The average molecular weight is 454 g/mol. The summed E-state index contributed by atoms with van der Waals surface area (Å²) in [6, 6.07) is 12.2. The molecule has 0 spiro atoms. The Morgan fingerprint density at radius 1 is 1.12 bits per heavy atom. The van der Waals surface area contributed by atoms with Crippen LogP contribution in [0.15, 0.2) is 48.8 Å². The summed E-state index contributed by atoms with van der Waals surface area (Å²) in [6.07, 6.45) is 4.57. The van der Waals surface area contributed by atoms with Crippen molar-refractivity contribution in [3.8, 4) is 11.4 Å². The number of hydrogen-bond donors (Lipinski definition) is 1. The Hall–Kier alpha value is -3.46. The molecule has 10 heteroatoms. The van der Waals surface area contributed by atoms with E-state index in [0.29, 0.717) is 17.4 Å². The summed E-state index contributed by atoms with van der Waals surface area (Å²) in [5.41, 5.74) is 2.53. The predicted molar refractivity (Wildman–Crippen MR) is 118 cm³/mol. The number of aromatic nitrogens is 6. The third-order valence-corrected chi connectivity index (χ3v) is 5.72. The fourth-order valence-electron chi connectivity index (χ4n) is 4.01. The molecule has 2 aromatic carbocycles. The highest BCUT2D eigenvalue weighted by molar-refractivity contribution is 6.28. The lowest BCUT2D eigenvalue weighted by Crippen LogP contribution is -2.08.